The Bertz CT molecular complexity index is 596. The average molecular weight is 280 g/mol. The van der Waals surface area contributed by atoms with Gasteiger partial charge in [0.05, 0.1) is 5.56 Å². The van der Waals surface area contributed by atoms with Crippen molar-refractivity contribution in [3.05, 3.63) is 41.2 Å². The summed E-state index contributed by atoms with van der Waals surface area (Å²) in [6, 6.07) is 3.55. The molecule has 6 nitrogen and oxygen atoms in total. The van der Waals surface area contributed by atoms with E-state index in [1.807, 2.05) is 0 Å². The van der Waals surface area contributed by atoms with Gasteiger partial charge in [-0.05, 0) is 25.1 Å². The van der Waals surface area contributed by atoms with Crippen LogP contribution in [0.15, 0.2) is 30.0 Å². The zero-order chi connectivity index (χ0) is 15.3. The SMILES string of the molecule is CC(=N)/C=C(/Oc1ccc(C(=O)O)cc1CF)C(N)=O. The van der Waals surface area contributed by atoms with E-state index in [4.69, 9.17) is 21.0 Å². The Labute approximate surface area is 114 Å². The number of nitrogens with two attached hydrogens (primary N) is 1. The molecule has 0 saturated heterocycles. The third-order valence-corrected chi connectivity index (χ3v) is 2.26. The van der Waals surface area contributed by atoms with Crippen LogP contribution in [0.5, 0.6) is 5.75 Å². The van der Waals surface area contributed by atoms with Crippen molar-refractivity contribution in [2.75, 3.05) is 0 Å². The lowest BCUT2D eigenvalue weighted by Crippen LogP contribution is -2.19. The van der Waals surface area contributed by atoms with Gasteiger partial charge in [0.1, 0.15) is 12.4 Å². The van der Waals surface area contributed by atoms with Gasteiger partial charge in [0, 0.05) is 17.4 Å². The summed E-state index contributed by atoms with van der Waals surface area (Å²) in [5.41, 5.74) is 4.99. The van der Waals surface area contributed by atoms with Gasteiger partial charge in [0.15, 0.2) is 5.76 Å². The number of nitrogens with one attached hydrogen (secondary N) is 1. The number of carbonyl (C=O) groups excluding carboxylic acids is 1. The molecule has 4 N–H and O–H groups in total. The summed E-state index contributed by atoms with van der Waals surface area (Å²) >= 11 is 0. The van der Waals surface area contributed by atoms with Gasteiger partial charge >= 0.3 is 5.97 Å². The maximum atomic E-state index is 12.9. The molecule has 1 aromatic carbocycles. The number of hydrogen-bond acceptors (Lipinski definition) is 4. The van der Waals surface area contributed by atoms with Crippen LogP contribution in [0.25, 0.3) is 0 Å². The number of ether oxygens (including phenoxy) is 1. The van der Waals surface area contributed by atoms with Crippen molar-refractivity contribution in [1.29, 1.82) is 5.41 Å². The highest BCUT2D eigenvalue weighted by Crippen LogP contribution is 2.23. The fourth-order valence-corrected chi connectivity index (χ4v) is 1.38. The van der Waals surface area contributed by atoms with Crippen LogP contribution < -0.4 is 10.5 Å². The zero-order valence-corrected chi connectivity index (χ0v) is 10.6. The first-order valence-corrected chi connectivity index (χ1v) is 5.51. The molecule has 0 atom stereocenters. The highest BCUT2D eigenvalue weighted by Gasteiger charge is 2.14. The van der Waals surface area contributed by atoms with Crippen LogP contribution in [0.4, 0.5) is 4.39 Å². The number of amides is 1. The highest BCUT2D eigenvalue weighted by atomic mass is 19.1. The van der Waals surface area contributed by atoms with Crippen LogP contribution in [0.1, 0.15) is 22.8 Å². The fourth-order valence-electron chi connectivity index (χ4n) is 1.38. The first-order valence-electron chi connectivity index (χ1n) is 5.51. The Balaban J connectivity index is 3.16. The number of alkyl halides is 1. The normalized spacial score (nSPS) is 11.0. The van der Waals surface area contributed by atoms with E-state index in [2.05, 4.69) is 0 Å². The lowest BCUT2D eigenvalue weighted by Gasteiger charge is -2.11. The minimum Gasteiger partial charge on any atom is -0.478 e. The lowest BCUT2D eigenvalue weighted by atomic mass is 10.1. The van der Waals surface area contributed by atoms with E-state index in [1.54, 1.807) is 0 Å². The van der Waals surface area contributed by atoms with E-state index < -0.39 is 18.6 Å². The summed E-state index contributed by atoms with van der Waals surface area (Å²) in [6.07, 6.45) is 1.09. The average Bonchev–Trinajstić information content (AvgIpc) is 2.37. The molecule has 1 amide bonds. The van der Waals surface area contributed by atoms with E-state index in [-0.39, 0.29) is 28.3 Å². The molecule has 0 heterocycles. The maximum absolute atomic E-state index is 12.9. The van der Waals surface area contributed by atoms with Gasteiger partial charge in [-0.25, -0.2) is 9.18 Å². The molecule has 0 aliphatic rings. The topological polar surface area (TPSA) is 113 Å². The molecule has 0 aliphatic carbocycles. The van der Waals surface area contributed by atoms with Crippen molar-refractivity contribution in [1.82, 2.24) is 0 Å². The van der Waals surface area contributed by atoms with Gasteiger partial charge < -0.3 is 21.0 Å². The van der Waals surface area contributed by atoms with E-state index in [9.17, 15) is 14.0 Å². The maximum Gasteiger partial charge on any atom is 0.335 e. The number of rotatable bonds is 6. The van der Waals surface area contributed by atoms with Crippen LogP contribution in [0, 0.1) is 5.41 Å². The van der Waals surface area contributed by atoms with Crippen molar-refractivity contribution in [2.24, 2.45) is 5.73 Å². The standard InChI is InChI=1S/C13H13FN2O4/c1-7(15)4-11(12(16)17)20-10-3-2-8(13(18)19)5-9(10)6-14/h2-5,15H,6H2,1H3,(H2,16,17)(H,18,19)/b11-4+,15-7?. The van der Waals surface area contributed by atoms with Gasteiger partial charge in [-0.2, -0.15) is 0 Å². The van der Waals surface area contributed by atoms with Gasteiger partial charge in [-0.1, -0.05) is 0 Å². The molecule has 0 unspecified atom stereocenters. The lowest BCUT2D eigenvalue weighted by molar-refractivity contribution is -0.116. The Kier molecular flexibility index (Phi) is 4.96. The second kappa shape index (κ2) is 6.46. The third kappa shape index (κ3) is 3.91. The molecule has 20 heavy (non-hydrogen) atoms. The van der Waals surface area contributed by atoms with Gasteiger partial charge in [-0.15, -0.1) is 0 Å². The highest BCUT2D eigenvalue weighted by molar-refractivity contribution is 6.00. The number of carboxylic acid groups (broad SMARTS) is 1. The van der Waals surface area contributed by atoms with Crippen molar-refractivity contribution < 1.29 is 23.8 Å². The molecule has 106 valence electrons. The molecule has 0 fully saturated rings. The van der Waals surface area contributed by atoms with Crippen molar-refractivity contribution in [3.63, 3.8) is 0 Å². The summed E-state index contributed by atoms with van der Waals surface area (Å²) in [5.74, 6) is -2.46. The summed E-state index contributed by atoms with van der Waals surface area (Å²) in [6.45, 7) is 0.446. The number of carboxylic acids is 1. The molecular weight excluding hydrogens is 267 g/mol. The molecule has 1 aromatic rings. The Morgan fingerprint density at radius 1 is 1.50 bits per heavy atom. The van der Waals surface area contributed by atoms with Crippen molar-refractivity contribution in [2.45, 2.75) is 13.6 Å². The number of benzene rings is 1. The Morgan fingerprint density at radius 3 is 2.60 bits per heavy atom. The number of halogens is 1. The number of allylic oxidation sites excluding steroid dienone is 1. The number of aromatic carboxylic acids is 1. The molecular formula is C13H13FN2O4. The monoisotopic (exact) mass is 280 g/mol. The summed E-state index contributed by atoms with van der Waals surface area (Å²) in [7, 11) is 0. The Morgan fingerprint density at radius 2 is 2.15 bits per heavy atom. The summed E-state index contributed by atoms with van der Waals surface area (Å²) in [4.78, 5) is 21.9. The largest absolute Gasteiger partial charge is 0.478 e. The zero-order valence-electron chi connectivity index (χ0n) is 10.6. The number of primary amides is 1. The van der Waals surface area contributed by atoms with Gasteiger partial charge in [-0.3, -0.25) is 4.79 Å². The minimum atomic E-state index is -1.20. The second-order valence-corrected chi connectivity index (χ2v) is 3.92. The molecule has 7 heteroatoms. The van der Waals surface area contributed by atoms with Gasteiger partial charge in [0.25, 0.3) is 5.91 Å². The smallest absolute Gasteiger partial charge is 0.335 e. The molecule has 0 bridgehead atoms. The van der Waals surface area contributed by atoms with Crippen LogP contribution in [-0.4, -0.2) is 22.7 Å². The Hall–Kier alpha value is -2.70. The van der Waals surface area contributed by atoms with Crippen molar-refractivity contribution in [3.8, 4) is 5.75 Å². The van der Waals surface area contributed by atoms with E-state index >= 15 is 0 Å². The van der Waals surface area contributed by atoms with Gasteiger partial charge in [0.2, 0.25) is 0 Å². The van der Waals surface area contributed by atoms with Crippen molar-refractivity contribution >= 4 is 17.6 Å². The molecule has 0 saturated carbocycles. The van der Waals surface area contributed by atoms with E-state index in [0.717, 1.165) is 12.1 Å². The molecule has 0 aromatic heterocycles. The van der Waals surface area contributed by atoms with E-state index in [1.165, 1.54) is 19.1 Å². The van der Waals surface area contributed by atoms with E-state index in [0.29, 0.717) is 0 Å². The molecule has 0 spiro atoms. The predicted molar refractivity (Wildman–Crippen MR) is 69.5 cm³/mol. The first kappa shape index (κ1) is 15.4. The number of carbonyl (C=O) groups is 2. The summed E-state index contributed by atoms with van der Waals surface area (Å²) in [5, 5.41) is 16.1. The third-order valence-electron chi connectivity index (χ3n) is 2.26. The molecule has 0 radical (unpaired) electrons. The second-order valence-electron chi connectivity index (χ2n) is 3.92. The molecule has 1 rings (SSSR count). The minimum absolute atomic E-state index is 0.0243. The first-order chi connectivity index (χ1) is 9.35. The quantitative estimate of drug-likeness (QED) is 0.417. The predicted octanol–water partition coefficient (Wildman–Crippen LogP) is 1.64. The van der Waals surface area contributed by atoms with Crippen LogP contribution in [0.2, 0.25) is 0 Å². The van der Waals surface area contributed by atoms with Crippen LogP contribution in [0.3, 0.4) is 0 Å². The number of hydrogen-bond donors (Lipinski definition) is 3. The molecule has 0 aliphatic heterocycles. The summed E-state index contributed by atoms with van der Waals surface area (Å²) < 4.78 is 18.0. The fraction of sp³-hybridized carbons (Fsp3) is 0.154. The van der Waals surface area contributed by atoms with Crippen LogP contribution >= 0.6 is 0 Å². The van der Waals surface area contributed by atoms with Crippen LogP contribution in [-0.2, 0) is 11.5 Å².